The molecule has 0 saturated heterocycles. The van der Waals surface area contributed by atoms with Crippen molar-refractivity contribution in [2.45, 2.75) is 40.2 Å². The van der Waals surface area contributed by atoms with E-state index < -0.39 is 11.2 Å². The summed E-state index contributed by atoms with van der Waals surface area (Å²) in [4.78, 5) is 42.2. The van der Waals surface area contributed by atoms with Crippen LogP contribution in [-0.4, -0.2) is 30.4 Å². The molecular formula is C24H23ClN6O4. The summed E-state index contributed by atoms with van der Waals surface area (Å²) in [6, 6.07) is 12.4. The lowest BCUT2D eigenvalue weighted by Crippen LogP contribution is -2.41. The molecule has 0 atom stereocenters. The number of anilines is 1. The highest BCUT2D eigenvalue weighted by molar-refractivity contribution is 6.31. The van der Waals surface area contributed by atoms with Gasteiger partial charge in [-0.05, 0) is 50.6 Å². The molecule has 0 saturated carbocycles. The first-order valence-electron chi connectivity index (χ1n) is 11.0. The van der Waals surface area contributed by atoms with E-state index in [1.54, 1.807) is 31.2 Å². The second-order valence-electron chi connectivity index (χ2n) is 7.95. The molecule has 1 amide bonds. The molecule has 2 heterocycles. The van der Waals surface area contributed by atoms with Crippen LogP contribution in [0.25, 0.3) is 17.2 Å². The van der Waals surface area contributed by atoms with E-state index in [9.17, 15) is 14.4 Å². The maximum atomic E-state index is 12.9. The van der Waals surface area contributed by atoms with E-state index in [0.717, 1.165) is 20.4 Å². The molecule has 0 bridgehead atoms. The van der Waals surface area contributed by atoms with Gasteiger partial charge in [0.05, 0.1) is 5.69 Å². The van der Waals surface area contributed by atoms with Crippen molar-refractivity contribution in [3.8, 4) is 17.2 Å². The first-order valence-corrected chi connectivity index (χ1v) is 11.3. The Bertz CT molecular complexity index is 1500. The number of aryl methyl sites for hydroxylation is 3. The Kier molecular flexibility index (Phi) is 6.92. The number of rotatable bonds is 7. The number of amides is 1. The molecule has 2 aromatic heterocycles. The largest absolute Gasteiger partial charge is 0.352 e. The lowest BCUT2D eigenvalue weighted by Gasteiger charge is -2.09. The van der Waals surface area contributed by atoms with Gasteiger partial charge in [0, 0.05) is 30.1 Å². The maximum Gasteiger partial charge on any atom is 0.352 e. The zero-order valence-corrected chi connectivity index (χ0v) is 20.2. The number of aromatic nitrogens is 5. The van der Waals surface area contributed by atoms with Gasteiger partial charge in [-0.2, -0.15) is 14.8 Å². The van der Waals surface area contributed by atoms with Crippen molar-refractivity contribution in [1.82, 2.24) is 24.5 Å². The van der Waals surface area contributed by atoms with E-state index in [2.05, 4.69) is 20.6 Å². The minimum absolute atomic E-state index is 0.0567. The number of hydrogen-bond acceptors (Lipinski definition) is 7. The van der Waals surface area contributed by atoms with Crippen molar-refractivity contribution >= 4 is 23.2 Å². The Morgan fingerprint density at radius 3 is 2.54 bits per heavy atom. The van der Waals surface area contributed by atoms with Crippen LogP contribution in [0.15, 0.2) is 56.6 Å². The minimum Gasteiger partial charge on any atom is -0.339 e. The molecule has 0 fully saturated rings. The predicted octanol–water partition coefficient (Wildman–Crippen LogP) is 3.31. The highest BCUT2D eigenvalue weighted by Crippen LogP contribution is 2.20. The molecule has 10 nitrogen and oxygen atoms in total. The topological polar surface area (TPSA) is 125 Å². The van der Waals surface area contributed by atoms with Crippen molar-refractivity contribution in [1.29, 1.82) is 0 Å². The normalized spacial score (nSPS) is 11.0. The highest BCUT2D eigenvalue weighted by Gasteiger charge is 2.20. The quantitative estimate of drug-likeness (QED) is 0.417. The summed E-state index contributed by atoms with van der Waals surface area (Å²) in [5, 5.41) is 11.4. The molecule has 0 aliphatic heterocycles. The first-order chi connectivity index (χ1) is 16.8. The smallest absolute Gasteiger partial charge is 0.339 e. The SMILES string of the molecule is CCn1c(=O)c(-c2noc(CCC(=O)Nc3ccc(C)c(Cl)c3)n2)nn(-c2ccc(C)cc2)c1=O. The molecule has 0 aliphatic rings. The summed E-state index contributed by atoms with van der Waals surface area (Å²) < 4.78 is 7.43. The molecule has 0 unspecified atom stereocenters. The number of benzene rings is 2. The van der Waals surface area contributed by atoms with Gasteiger partial charge in [-0.25, -0.2) is 4.79 Å². The fourth-order valence-corrected chi connectivity index (χ4v) is 3.54. The van der Waals surface area contributed by atoms with Crippen LogP contribution in [0.3, 0.4) is 0 Å². The standard InChI is InChI=1S/C24H23ClN6O4/c1-4-30-23(33)21(28-31(24(30)34)17-9-5-14(2)6-10-17)22-27-20(35-29-22)12-11-19(32)26-16-8-7-15(3)18(25)13-16/h5-10,13H,4,11-12H2,1-3H3,(H,26,32). The summed E-state index contributed by atoms with van der Waals surface area (Å²) in [6.07, 6.45) is 0.223. The zero-order valence-electron chi connectivity index (χ0n) is 19.4. The van der Waals surface area contributed by atoms with E-state index >= 15 is 0 Å². The van der Waals surface area contributed by atoms with Gasteiger partial charge in [0.2, 0.25) is 17.6 Å². The van der Waals surface area contributed by atoms with E-state index in [0.29, 0.717) is 16.4 Å². The summed E-state index contributed by atoms with van der Waals surface area (Å²) in [5.41, 5.74) is 1.69. The molecule has 0 aliphatic carbocycles. The van der Waals surface area contributed by atoms with E-state index in [-0.39, 0.29) is 42.7 Å². The Morgan fingerprint density at radius 1 is 1.11 bits per heavy atom. The molecule has 0 radical (unpaired) electrons. The highest BCUT2D eigenvalue weighted by atomic mass is 35.5. The first kappa shape index (κ1) is 24.1. The molecule has 0 spiro atoms. The van der Waals surface area contributed by atoms with Crippen LogP contribution in [0, 0.1) is 13.8 Å². The van der Waals surface area contributed by atoms with Crippen molar-refractivity contribution in [2.24, 2.45) is 0 Å². The van der Waals surface area contributed by atoms with Crippen LogP contribution in [0.4, 0.5) is 5.69 Å². The minimum atomic E-state index is -0.623. The summed E-state index contributed by atoms with van der Waals surface area (Å²) in [5.74, 6) is -0.155. The Hall–Kier alpha value is -4.05. The molecular weight excluding hydrogens is 472 g/mol. The third-order valence-corrected chi connectivity index (χ3v) is 5.76. The Labute approximate surface area is 205 Å². The van der Waals surface area contributed by atoms with Gasteiger partial charge < -0.3 is 9.84 Å². The predicted molar refractivity (Wildman–Crippen MR) is 131 cm³/mol. The zero-order chi connectivity index (χ0) is 25.1. The van der Waals surface area contributed by atoms with Gasteiger partial charge in [0.25, 0.3) is 5.56 Å². The van der Waals surface area contributed by atoms with Crippen LogP contribution in [0.1, 0.15) is 30.4 Å². The molecule has 1 N–H and O–H groups in total. The van der Waals surface area contributed by atoms with Gasteiger partial charge in [-0.3, -0.25) is 14.2 Å². The molecule has 11 heteroatoms. The summed E-state index contributed by atoms with van der Waals surface area (Å²) in [7, 11) is 0. The summed E-state index contributed by atoms with van der Waals surface area (Å²) in [6.45, 7) is 5.63. The third-order valence-electron chi connectivity index (χ3n) is 5.36. The fourth-order valence-electron chi connectivity index (χ4n) is 3.36. The number of hydrogen-bond donors (Lipinski definition) is 1. The van der Waals surface area contributed by atoms with E-state index in [1.165, 1.54) is 0 Å². The lowest BCUT2D eigenvalue weighted by molar-refractivity contribution is -0.116. The van der Waals surface area contributed by atoms with Gasteiger partial charge in [-0.15, -0.1) is 0 Å². The second-order valence-corrected chi connectivity index (χ2v) is 8.36. The van der Waals surface area contributed by atoms with E-state index in [1.807, 2.05) is 32.0 Å². The van der Waals surface area contributed by atoms with Crippen LogP contribution in [0.5, 0.6) is 0 Å². The summed E-state index contributed by atoms with van der Waals surface area (Å²) >= 11 is 6.09. The van der Waals surface area contributed by atoms with Gasteiger partial charge in [0.15, 0.2) is 5.69 Å². The van der Waals surface area contributed by atoms with Crippen molar-refractivity contribution in [2.75, 3.05) is 5.32 Å². The molecule has 4 rings (SSSR count). The van der Waals surface area contributed by atoms with Crippen LogP contribution >= 0.6 is 11.6 Å². The van der Waals surface area contributed by atoms with Gasteiger partial charge >= 0.3 is 5.69 Å². The van der Waals surface area contributed by atoms with Gasteiger partial charge in [-0.1, -0.05) is 40.5 Å². The van der Waals surface area contributed by atoms with Crippen LogP contribution < -0.4 is 16.6 Å². The van der Waals surface area contributed by atoms with Crippen molar-refractivity contribution < 1.29 is 9.32 Å². The Morgan fingerprint density at radius 2 is 1.86 bits per heavy atom. The molecule has 35 heavy (non-hydrogen) atoms. The molecule has 2 aromatic carbocycles. The van der Waals surface area contributed by atoms with Crippen molar-refractivity contribution in [3.05, 3.63) is 85.3 Å². The average Bonchev–Trinajstić information content (AvgIpc) is 3.30. The fraction of sp³-hybridized carbons (Fsp3) is 0.250. The number of nitrogens with one attached hydrogen (secondary N) is 1. The van der Waals surface area contributed by atoms with E-state index in [4.69, 9.17) is 16.1 Å². The molecule has 4 aromatic rings. The average molecular weight is 495 g/mol. The monoisotopic (exact) mass is 494 g/mol. The number of halogens is 1. The van der Waals surface area contributed by atoms with Crippen LogP contribution in [-0.2, 0) is 17.8 Å². The lowest BCUT2D eigenvalue weighted by atomic mass is 10.2. The Balaban J connectivity index is 1.55. The second kappa shape index (κ2) is 10.1. The number of carbonyl (C=O) groups excluding carboxylic acids is 1. The van der Waals surface area contributed by atoms with Crippen molar-refractivity contribution in [3.63, 3.8) is 0 Å². The molecule has 180 valence electrons. The third kappa shape index (κ3) is 5.22. The van der Waals surface area contributed by atoms with Gasteiger partial charge in [0.1, 0.15) is 0 Å². The number of carbonyl (C=O) groups is 1. The number of nitrogens with zero attached hydrogens (tertiary/aromatic N) is 5. The maximum absolute atomic E-state index is 12.9. The van der Waals surface area contributed by atoms with Crippen LogP contribution in [0.2, 0.25) is 5.02 Å².